The molecule has 0 saturated heterocycles. The van der Waals surface area contributed by atoms with Crippen molar-refractivity contribution in [2.24, 2.45) is 0 Å². The molecule has 4 heteroatoms. The number of allylic oxidation sites excluding steroid dienone is 11. The van der Waals surface area contributed by atoms with Gasteiger partial charge in [-0.25, -0.2) is 0 Å². The fourth-order valence-electron chi connectivity index (χ4n) is 4.73. The maximum Gasteiger partial charge on any atom is 0.220 e. The second kappa shape index (κ2) is 34.3. The van der Waals surface area contributed by atoms with Gasteiger partial charge in [0.1, 0.15) is 0 Å². The van der Waals surface area contributed by atoms with Crippen molar-refractivity contribution in [3.63, 3.8) is 0 Å². The predicted octanol–water partition coefficient (Wildman–Crippen LogP) is 10.4. The molecule has 2 unspecified atom stereocenters. The van der Waals surface area contributed by atoms with Crippen LogP contribution in [-0.4, -0.2) is 34.9 Å². The highest BCUT2D eigenvalue weighted by atomic mass is 16.3. The highest BCUT2D eigenvalue weighted by Gasteiger charge is 2.17. The van der Waals surface area contributed by atoms with Crippen LogP contribution >= 0.6 is 0 Å². The molecule has 0 heterocycles. The summed E-state index contributed by atoms with van der Waals surface area (Å²) in [5, 5.41) is 22.7. The molecule has 43 heavy (non-hydrogen) atoms. The Morgan fingerprint density at radius 3 is 1.53 bits per heavy atom. The van der Waals surface area contributed by atoms with Crippen LogP contribution in [0.2, 0.25) is 0 Å². The molecule has 246 valence electrons. The van der Waals surface area contributed by atoms with E-state index in [2.05, 4.69) is 79.9 Å². The van der Waals surface area contributed by atoms with Crippen molar-refractivity contribution in [1.82, 2.24) is 5.32 Å². The number of aliphatic hydroxyl groups is 2. The first-order valence-corrected chi connectivity index (χ1v) is 17.7. The first-order valence-electron chi connectivity index (χ1n) is 17.7. The number of hydrogen-bond donors (Lipinski definition) is 3. The normalized spacial score (nSPS) is 14.0. The van der Waals surface area contributed by atoms with Gasteiger partial charge in [0.05, 0.1) is 18.8 Å². The lowest BCUT2D eigenvalue weighted by Gasteiger charge is -2.20. The summed E-state index contributed by atoms with van der Waals surface area (Å²) in [7, 11) is 0. The number of amides is 1. The van der Waals surface area contributed by atoms with Crippen molar-refractivity contribution in [2.75, 3.05) is 6.61 Å². The third kappa shape index (κ3) is 31.1. The number of rotatable bonds is 30. The van der Waals surface area contributed by atoms with Crippen LogP contribution in [0.1, 0.15) is 149 Å². The number of unbranched alkanes of at least 4 members (excludes halogenated alkanes) is 13. The van der Waals surface area contributed by atoms with E-state index in [0.29, 0.717) is 6.42 Å². The lowest BCUT2D eigenvalue weighted by atomic mass is 10.1. The molecule has 0 aliphatic carbocycles. The van der Waals surface area contributed by atoms with Gasteiger partial charge in [0.2, 0.25) is 5.91 Å². The Kier molecular flexibility index (Phi) is 32.6. The summed E-state index contributed by atoms with van der Waals surface area (Å²) in [6.07, 6.45) is 48.4. The van der Waals surface area contributed by atoms with Crippen molar-refractivity contribution < 1.29 is 15.0 Å². The molecule has 0 aromatic carbocycles. The molecule has 1 amide bonds. The third-order valence-electron chi connectivity index (χ3n) is 7.45. The molecule has 0 spiro atoms. The molecule has 0 aromatic rings. The van der Waals surface area contributed by atoms with Crippen molar-refractivity contribution >= 4 is 5.91 Å². The van der Waals surface area contributed by atoms with Crippen molar-refractivity contribution in [3.05, 3.63) is 72.9 Å². The second-order valence-electron chi connectivity index (χ2n) is 11.6. The van der Waals surface area contributed by atoms with Gasteiger partial charge in [0.15, 0.2) is 0 Å². The summed E-state index contributed by atoms with van der Waals surface area (Å²) < 4.78 is 0. The summed E-state index contributed by atoms with van der Waals surface area (Å²) in [6.45, 7) is 4.12. The van der Waals surface area contributed by atoms with Crippen molar-refractivity contribution in [1.29, 1.82) is 0 Å². The lowest BCUT2D eigenvalue weighted by Crippen LogP contribution is -2.45. The van der Waals surface area contributed by atoms with Gasteiger partial charge >= 0.3 is 0 Å². The Balaban J connectivity index is 3.66. The molecular formula is C39H67NO3. The molecule has 0 aromatic heterocycles. The molecule has 0 saturated carbocycles. The maximum atomic E-state index is 12.3. The van der Waals surface area contributed by atoms with E-state index >= 15 is 0 Å². The minimum atomic E-state index is -0.844. The van der Waals surface area contributed by atoms with Crippen molar-refractivity contribution in [2.45, 2.75) is 161 Å². The van der Waals surface area contributed by atoms with Crippen LogP contribution in [-0.2, 0) is 4.79 Å². The number of nitrogens with one attached hydrogen (secondary N) is 1. The molecule has 0 aliphatic heterocycles. The van der Waals surface area contributed by atoms with Gasteiger partial charge in [0.25, 0.3) is 0 Å². The van der Waals surface area contributed by atoms with Crippen LogP contribution in [0.3, 0.4) is 0 Å². The van der Waals surface area contributed by atoms with Gasteiger partial charge in [-0.3, -0.25) is 4.79 Å². The van der Waals surface area contributed by atoms with Crippen molar-refractivity contribution in [3.8, 4) is 0 Å². The number of hydrogen-bond acceptors (Lipinski definition) is 3. The van der Waals surface area contributed by atoms with Crippen LogP contribution in [0.25, 0.3) is 0 Å². The highest BCUT2D eigenvalue weighted by Crippen LogP contribution is 2.11. The number of aliphatic hydroxyl groups excluding tert-OH is 2. The molecule has 0 bridgehead atoms. The largest absolute Gasteiger partial charge is 0.394 e. The minimum absolute atomic E-state index is 0.0838. The van der Waals surface area contributed by atoms with E-state index in [1.807, 2.05) is 6.08 Å². The summed E-state index contributed by atoms with van der Waals surface area (Å²) in [5.41, 5.74) is 0. The van der Waals surface area contributed by atoms with E-state index in [1.165, 1.54) is 57.8 Å². The van der Waals surface area contributed by atoms with E-state index in [-0.39, 0.29) is 12.5 Å². The van der Waals surface area contributed by atoms with Gasteiger partial charge in [-0.05, 0) is 64.2 Å². The molecule has 0 fully saturated rings. The standard InChI is InChI=1S/C39H67NO3/c1-3-5-7-9-11-13-14-15-16-17-18-19-20-21-22-23-24-25-26-27-29-31-33-35-39(43)40-37(36-41)38(42)34-32-30-28-12-10-8-6-4-2/h5,7,11,13,15-16,18-19,21-22,32,34,37-38,41-42H,3-4,6,8-10,12,14,17,20,23-31,33,35-36H2,1-2H3,(H,40,43)/b7-5-,13-11-,16-15-,19-18-,22-21-,34-32+. The third-order valence-corrected chi connectivity index (χ3v) is 7.45. The molecule has 4 nitrogen and oxygen atoms in total. The molecule has 0 aliphatic rings. The van der Waals surface area contributed by atoms with Gasteiger partial charge in [-0.15, -0.1) is 0 Å². The zero-order valence-electron chi connectivity index (χ0n) is 27.9. The zero-order valence-corrected chi connectivity index (χ0v) is 27.9. The average Bonchev–Trinajstić information content (AvgIpc) is 3.01. The monoisotopic (exact) mass is 598 g/mol. The topological polar surface area (TPSA) is 69.6 Å². The summed E-state index contributed by atoms with van der Waals surface area (Å²) in [5.74, 6) is -0.0838. The molecule has 3 N–H and O–H groups in total. The summed E-state index contributed by atoms with van der Waals surface area (Å²) in [4.78, 5) is 12.3. The SMILES string of the molecule is CC/C=C\C/C=C\C/C=C\C/C=C\C/C=C\CCCCCCCCCC(=O)NC(CO)C(O)/C=C/CCCCCCCC. The van der Waals surface area contributed by atoms with Gasteiger partial charge in [-0.2, -0.15) is 0 Å². The van der Waals surface area contributed by atoms with E-state index in [1.54, 1.807) is 6.08 Å². The van der Waals surface area contributed by atoms with E-state index in [4.69, 9.17) is 0 Å². The summed E-state index contributed by atoms with van der Waals surface area (Å²) in [6, 6.07) is -0.628. The Morgan fingerprint density at radius 2 is 1.02 bits per heavy atom. The minimum Gasteiger partial charge on any atom is -0.394 e. The lowest BCUT2D eigenvalue weighted by molar-refractivity contribution is -0.123. The summed E-state index contributed by atoms with van der Waals surface area (Å²) >= 11 is 0. The first kappa shape index (κ1) is 40.8. The highest BCUT2D eigenvalue weighted by molar-refractivity contribution is 5.76. The maximum absolute atomic E-state index is 12.3. The fraction of sp³-hybridized carbons (Fsp3) is 0.667. The number of carbonyl (C=O) groups is 1. The fourth-order valence-corrected chi connectivity index (χ4v) is 4.73. The molecule has 2 atom stereocenters. The van der Waals surface area contributed by atoms with E-state index < -0.39 is 12.1 Å². The van der Waals surface area contributed by atoms with Crippen LogP contribution in [0.4, 0.5) is 0 Å². The number of carbonyl (C=O) groups excluding carboxylic acids is 1. The van der Waals surface area contributed by atoms with Gasteiger partial charge in [-0.1, -0.05) is 151 Å². The first-order chi connectivity index (χ1) is 21.2. The Hall–Kier alpha value is -2.17. The van der Waals surface area contributed by atoms with Crippen LogP contribution in [0, 0.1) is 0 Å². The van der Waals surface area contributed by atoms with Crippen LogP contribution in [0.5, 0.6) is 0 Å². The molecule has 0 radical (unpaired) electrons. The van der Waals surface area contributed by atoms with Crippen LogP contribution in [0.15, 0.2) is 72.9 Å². The van der Waals surface area contributed by atoms with Gasteiger partial charge in [0, 0.05) is 6.42 Å². The van der Waals surface area contributed by atoms with Crippen LogP contribution < -0.4 is 5.32 Å². The van der Waals surface area contributed by atoms with Gasteiger partial charge < -0.3 is 15.5 Å². The van der Waals surface area contributed by atoms with E-state index in [0.717, 1.165) is 70.6 Å². The van der Waals surface area contributed by atoms with E-state index in [9.17, 15) is 15.0 Å². The second-order valence-corrected chi connectivity index (χ2v) is 11.6. The smallest absolute Gasteiger partial charge is 0.220 e. The Bertz CT molecular complexity index is 777. The predicted molar refractivity (Wildman–Crippen MR) is 188 cm³/mol. The molecular weight excluding hydrogens is 530 g/mol. The Labute approximate surface area is 266 Å². The quantitative estimate of drug-likeness (QED) is 0.0570. The Morgan fingerprint density at radius 1 is 0.581 bits per heavy atom. The molecule has 0 rings (SSSR count). The zero-order chi connectivity index (χ0) is 31.5. The average molecular weight is 598 g/mol.